The number of hydrogen-bond donors (Lipinski definition) is 1. The summed E-state index contributed by atoms with van der Waals surface area (Å²) in [4.78, 5) is 13.7. The van der Waals surface area contributed by atoms with Gasteiger partial charge in [-0.1, -0.05) is 6.07 Å². The van der Waals surface area contributed by atoms with Gasteiger partial charge in [0.2, 0.25) is 5.91 Å². The molecule has 1 N–H and O–H groups in total. The molecule has 0 saturated carbocycles. The van der Waals surface area contributed by atoms with Crippen LogP contribution in [0.3, 0.4) is 0 Å². The van der Waals surface area contributed by atoms with Gasteiger partial charge in [-0.2, -0.15) is 0 Å². The van der Waals surface area contributed by atoms with E-state index in [0.717, 1.165) is 25.2 Å². The van der Waals surface area contributed by atoms with E-state index in [-0.39, 0.29) is 24.2 Å². The highest BCUT2D eigenvalue weighted by atomic mass is 19.1. The first-order valence-corrected chi connectivity index (χ1v) is 5.57. The molecule has 1 amide bonds. The maximum atomic E-state index is 13.5. The van der Waals surface area contributed by atoms with Crippen LogP contribution in [-0.4, -0.2) is 25.0 Å². The van der Waals surface area contributed by atoms with Crippen LogP contribution in [0, 0.1) is 5.82 Å². The van der Waals surface area contributed by atoms with E-state index >= 15 is 0 Å². The Morgan fingerprint density at radius 1 is 1.44 bits per heavy atom. The normalized spacial score (nSPS) is 23.9. The van der Waals surface area contributed by atoms with E-state index in [1.807, 2.05) is 6.07 Å². The minimum Gasteiger partial charge on any atom is -0.315 e. The summed E-state index contributed by atoms with van der Waals surface area (Å²) in [5.41, 5.74) is 1.32. The number of benzene rings is 1. The van der Waals surface area contributed by atoms with Gasteiger partial charge in [0.1, 0.15) is 5.82 Å². The molecule has 0 aliphatic carbocycles. The molecule has 1 aromatic carbocycles. The lowest BCUT2D eigenvalue weighted by molar-refractivity contribution is -0.117. The van der Waals surface area contributed by atoms with Crippen molar-refractivity contribution in [3.8, 4) is 0 Å². The van der Waals surface area contributed by atoms with Crippen molar-refractivity contribution in [3.05, 3.63) is 29.6 Å². The van der Waals surface area contributed by atoms with E-state index in [2.05, 4.69) is 5.32 Å². The van der Waals surface area contributed by atoms with Crippen molar-refractivity contribution in [2.75, 3.05) is 18.0 Å². The molecular formula is C12H13FN2O. The first-order chi connectivity index (χ1) is 7.77. The van der Waals surface area contributed by atoms with E-state index in [0.29, 0.717) is 5.56 Å². The highest BCUT2D eigenvalue weighted by Crippen LogP contribution is 2.33. The third kappa shape index (κ3) is 1.33. The smallest absolute Gasteiger partial charge is 0.231 e. The van der Waals surface area contributed by atoms with Crippen molar-refractivity contribution < 1.29 is 9.18 Å². The van der Waals surface area contributed by atoms with Gasteiger partial charge in [0.25, 0.3) is 0 Å². The van der Waals surface area contributed by atoms with Crippen LogP contribution in [0.4, 0.5) is 10.1 Å². The van der Waals surface area contributed by atoms with Crippen molar-refractivity contribution in [2.24, 2.45) is 0 Å². The van der Waals surface area contributed by atoms with Gasteiger partial charge in [-0.15, -0.1) is 0 Å². The first-order valence-electron chi connectivity index (χ1n) is 5.57. The average Bonchev–Trinajstić information content (AvgIpc) is 2.85. The van der Waals surface area contributed by atoms with Crippen molar-refractivity contribution in [2.45, 2.75) is 18.9 Å². The molecule has 2 heterocycles. The molecule has 4 heteroatoms. The fourth-order valence-electron chi connectivity index (χ4n) is 2.58. The highest BCUT2D eigenvalue weighted by molar-refractivity contribution is 6.02. The van der Waals surface area contributed by atoms with Gasteiger partial charge < -0.3 is 10.2 Å². The molecule has 0 unspecified atom stereocenters. The maximum absolute atomic E-state index is 13.5. The summed E-state index contributed by atoms with van der Waals surface area (Å²) in [5, 5.41) is 3.23. The van der Waals surface area contributed by atoms with Crippen LogP contribution in [0.25, 0.3) is 0 Å². The zero-order valence-corrected chi connectivity index (χ0v) is 8.87. The molecular weight excluding hydrogens is 207 g/mol. The number of halogens is 1. The van der Waals surface area contributed by atoms with E-state index in [9.17, 15) is 9.18 Å². The number of nitrogens with one attached hydrogen (secondary N) is 1. The maximum Gasteiger partial charge on any atom is 0.231 e. The molecule has 2 aliphatic rings. The van der Waals surface area contributed by atoms with Gasteiger partial charge in [-0.25, -0.2) is 4.39 Å². The Morgan fingerprint density at radius 3 is 3.06 bits per heavy atom. The van der Waals surface area contributed by atoms with Crippen molar-refractivity contribution >= 4 is 11.6 Å². The molecule has 3 rings (SSSR count). The topological polar surface area (TPSA) is 32.3 Å². The lowest BCUT2D eigenvalue weighted by Gasteiger charge is -2.24. The molecule has 1 atom stereocenters. The fourth-order valence-corrected chi connectivity index (χ4v) is 2.58. The Balaban J connectivity index is 2.02. The van der Waals surface area contributed by atoms with Gasteiger partial charge in [0, 0.05) is 12.1 Å². The molecule has 1 aromatic rings. The molecule has 0 spiro atoms. The molecule has 84 valence electrons. The van der Waals surface area contributed by atoms with Gasteiger partial charge >= 0.3 is 0 Å². The van der Waals surface area contributed by atoms with Crippen LogP contribution in [-0.2, 0) is 11.2 Å². The molecule has 1 fully saturated rings. The van der Waals surface area contributed by atoms with Crippen LogP contribution in [0.15, 0.2) is 18.2 Å². The second kappa shape index (κ2) is 3.56. The van der Waals surface area contributed by atoms with Gasteiger partial charge in [0.05, 0.1) is 18.2 Å². The SMILES string of the molecule is O=C1Cc2c(F)cccc2N1[C@H]1CCNC1. The molecule has 3 nitrogen and oxygen atoms in total. The van der Waals surface area contributed by atoms with Gasteiger partial charge in [-0.3, -0.25) is 4.79 Å². The molecule has 0 radical (unpaired) electrons. The minimum absolute atomic E-state index is 0.0220. The van der Waals surface area contributed by atoms with Crippen LogP contribution >= 0.6 is 0 Å². The van der Waals surface area contributed by atoms with E-state index in [4.69, 9.17) is 0 Å². The largest absolute Gasteiger partial charge is 0.315 e. The van der Waals surface area contributed by atoms with Crippen molar-refractivity contribution in [1.82, 2.24) is 5.32 Å². The third-order valence-electron chi connectivity index (χ3n) is 3.35. The summed E-state index contributed by atoms with van der Waals surface area (Å²) in [7, 11) is 0. The third-order valence-corrected chi connectivity index (χ3v) is 3.35. The summed E-state index contributed by atoms with van der Waals surface area (Å²) in [6.45, 7) is 1.74. The van der Waals surface area contributed by atoms with Crippen molar-refractivity contribution in [1.29, 1.82) is 0 Å². The zero-order valence-electron chi connectivity index (χ0n) is 8.87. The predicted molar refractivity (Wildman–Crippen MR) is 58.9 cm³/mol. The monoisotopic (exact) mass is 220 g/mol. The number of nitrogens with zero attached hydrogens (tertiary/aromatic N) is 1. The van der Waals surface area contributed by atoms with E-state index in [1.54, 1.807) is 11.0 Å². The molecule has 1 saturated heterocycles. The molecule has 0 bridgehead atoms. The highest BCUT2D eigenvalue weighted by Gasteiger charge is 2.35. The molecule has 2 aliphatic heterocycles. The van der Waals surface area contributed by atoms with Gasteiger partial charge in [0.15, 0.2) is 0 Å². The number of carbonyl (C=O) groups is 1. The van der Waals surface area contributed by atoms with Gasteiger partial charge in [-0.05, 0) is 25.1 Å². The van der Waals surface area contributed by atoms with Crippen LogP contribution in [0.1, 0.15) is 12.0 Å². The minimum atomic E-state index is -0.265. The summed E-state index contributed by atoms with van der Waals surface area (Å²) in [5.74, 6) is -0.242. The average molecular weight is 220 g/mol. The van der Waals surface area contributed by atoms with Crippen LogP contribution in [0.5, 0.6) is 0 Å². The second-order valence-electron chi connectivity index (χ2n) is 4.32. The number of carbonyl (C=O) groups excluding carboxylic acids is 1. The standard InChI is InChI=1S/C12H13FN2O/c13-10-2-1-3-11-9(10)6-12(16)15(11)8-4-5-14-7-8/h1-3,8,14H,4-7H2/t8-/m0/s1. The van der Waals surface area contributed by atoms with E-state index < -0.39 is 0 Å². The number of anilines is 1. The summed E-state index contributed by atoms with van der Waals surface area (Å²) in [6, 6.07) is 5.11. The summed E-state index contributed by atoms with van der Waals surface area (Å²) >= 11 is 0. The molecule has 16 heavy (non-hydrogen) atoms. The second-order valence-corrected chi connectivity index (χ2v) is 4.32. The Labute approximate surface area is 93.2 Å². The van der Waals surface area contributed by atoms with Crippen LogP contribution < -0.4 is 10.2 Å². The van der Waals surface area contributed by atoms with Crippen molar-refractivity contribution in [3.63, 3.8) is 0 Å². The fraction of sp³-hybridized carbons (Fsp3) is 0.417. The van der Waals surface area contributed by atoms with Crippen LogP contribution in [0.2, 0.25) is 0 Å². The number of hydrogen-bond acceptors (Lipinski definition) is 2. The summed E-state index contributed by atoms with van der Waals surface area (Å²) in [6.07, 6.45) is 1.15. The zero-order chi connectivity index (χ0) is 11.1. The Morgan fingerprint density at radius 2 is 2.31 bits per heavy atom. The quantitative estimate of drug-likeness (QED) is 0.768. The Hall–Kier alpha value is -1.42. The lowest BCUT2D eigenvalue weighted by Crippen LogP contribution is -2.39. The number of amides is 1. The Bertz CT molecular complexity index is 441. The lowest BCUT2D eigenvalue weighted by atomic mass is 10.1. The number of rotatable bonds is 1. The van der Waals surface area contributed by atoms with E-state index in [1.165, 1.54) is 6.07 Å². The number of fused-ring (bicyclic) bond motifs is 1. The summed E-state index contributed by atoms with van der Waals surface area (Å²) < 4.78 is 13.5. The molecule has 0 aromatic heterocycles. The Kier molecular flexibility index (Phi) is 2.17. The predicted octanol–water partition coefficient (Wildman–Crippen LogP) is 1.08. The first kappa shape index (κ1) is 9.78.